The van der Waals surface area contributed by atoms with Crippen LogP contribution in [0, 0.1) is 0 Å². The van der Waals surface area contributed by atoms with Crippen molar-refractivity contribution >= 4 is 7.82 Å². The minimum absolute atomic E-state index is 0.0622. The van der Waals surface area contributed by atoms with Crippen LogP contribution in [0.3, 0.4) is 0 Å². The molecule has 4 nitrogen and oxygen atoms in total. The standard InChI is InChI=1S/C10H22FO4P/c1-2-3-4-5-6-7-8-9-10-14-16(12,13)15-11/h2-10H2,1H3,(H,12,13). The summed E-state index contributed by atoms with van der Waals surface area (Å²) in [6, 6.07) is 0. The van der Waals surface area contributed by atoms with Gasteiger partial charge in [-0.3, -0.25) is 4.52 Å². The van der Waals surface area contributed by atoms with Crippen molar-refractivity contribution < 1.29 is 23.2 Å². The van der Waals surface area contributed by atoms with Gasteiger partial charge in [0.25, 0.3) is 0 Å². The van der Waals surface area contributed by atoms with E-state index in [1.54, 1.807) is 0 Å². The third-order valence-corrected chi connectivity index (χ3v) is 3.02. The lowest BCUT2D eigenvalue weighted by molar-refractivity contribution is -0.0480. The van der Waals surface area contributed by atoms with Crippen molar-refractivity contribution in [1.29, 1.82) is 0 Å². The topological polar surface area (TPSA) is 55.8 Å². The van der Waals surface area contributed by atoms with Gasteiger partial charge in [0.2, 0.25) is 0 Å². The lowest BCUT2D eigenvalue weighted by atomic mass is 10.1. The van der Waals surface area contributed by atoms with Crippen molar-refractivity contribution in [3.8, 4) is 0 Å². The van der Waals surface area contributed by atoms with Crippen LogP contribution in [0.4, 0.5) is 4.53 Å². The van der Waals surface area contributed by atoms with Crippen LogP contribution < -0.4 is 0 Å². The largest absolute Gasteiger partial charge is 0.503 e. The molecule has 6 heteroatoms. The molecule has 98 valence electrons. The number of rotatable bonds is 11. The van der Waals surface area contributed by atoms with E-state index in [9.17, 15) is 9.09 Å². The molecule has 1 N–H and O–H groups in total. The molecule has 0 radical (unpaired) electrons. The van der Waals surface area contributed by atoms with Crippen LogP contribution in [-0.2, 0) is 13.8 Å². The minimum Gasteiger partial charge on any atom is -0.301 e. The molecule has 0 bridgehead atoms. The first-order valence-electron chi connectivity index (χ1n) is 5.90. The highest BCUT2D eigenvalue weighted by molar-refractivity contribution is 7.47. The van der Waals surface area contributed by atoms with Gasteiger partial charge in [0.1, 0.15) is 0 Å². The van der Waals surface area contributed by atoms with E-state index >= 15 is 0 Å². The molecule has 0 aliphatic heterocycles. The predicted octanol–water partition coefficient (Wildman–Crippen LogP) is 4.15. The van der Waals surface area contributed by atoms with Gasteiger partial charge in [0.05, 0.1) is 6.61 Å². The maximum Gasteiger partial charge on any atom is 0.503 e. The van der Waals surface area contributed by atoms with Crippen molar-refractivity contribution in [1.82, 2.24) is 0 Å². The van der Waals surface area contributed by atoms with Crippen LogP contribution in [0.15, 0.2) is 0 Å². The van der Waals surface area contributed by atoms with Crippen LogP contribution >= 0.6 is 7.82 Å². The Bertz CT molecular complexity index is 201. The van der Waals surface area contributed by atoms with E-state index < -0.39 is 7.82 Å². The van der Waals surface area contributed by atoms with E-state index in [1.807, 2.05) is 0 Å². The molecule has 0 aliphatic rings. The SMILES string of the molecule is CCCCCCCCCCOP(=O)(O)OF. The van der Waals surface area contributed by atoms with Crippen LogP contribution in [0.1, 0.15) is 58.3 Å². The highest BCUT2D eigenvalue weighted by atomic mass is 31.2. The summed E-state index contributed by atoms with van der Waals surface area (Å²) in [4.78, 5) is 8.56. The number of phosphoric acid groups is 1. The number of hydrogen-bond donors (Lipinski definition) is 1. The van der Waals surface area contributed by atoms with E-state index in [4.69, 9.17) is 4.89 Å². The van der Waals surface area contributed by atoms with Gasteiger partial charge >= 0.3 is 7.82 Å². The molecule has 1 unspecified atom stereocenters. The Hall–Kier alpha value is 0.0400. The Morgan fingerprint density at radius 2 is 1.56 bits per heavy atom. The fourth-order valence-corrected chi connectivity index (χ4v) is 1.84. The zero-order valence-electron chi connectivity index (χ0n) is 9.86. The molecular weight excluding hydrogens is 234 g/mol. The molecule has 0 saturated carbocycles. The average molecular weight is 256 g/mol. The van der Waals surface area contributed by atoms with Gasteiger partial charge in [-0.25, -0.2) is 4.57 Å². The van der Waals surface area contributed by atoms with Crippen molar-refractivity contribution in [2.24, 2.45) is 0 Å². The van der Waals surface area contributed by atoms with Gasteiger partial charge in [-0.15, -0.1) is 0 Å². The van der Waals surface area contributed by atoms with Gasteiger partial charge in [-0.05, 0) is 10.9 Å². The van der Waals surface area contributed by atoms with E-state index in [-0.39, 0.29) is 6.61 Å². The molecule has 0 rings (SSSR count). The maximum absolute atomic E-state index is 11.4. The Balaban J connectivity index is 3.13. The zero-order chi connectivity index (χ0) is 12.3. The third kappa shape index (κ3) is 10.6. The Morgan fingerprint density at radius 1 is 1.06 bits per heavy atom. The molecule has 0 aromatic rings. The quantitative estimate of drug-likeness (QED) is 0.445. The number of phosphoric ester groups is 1. The molecule has 1 atom stereocenters. The second-order valence-corrected chi connectivity index (χ2v) is 5.18. The summed E-state index contributed by atoms with van der Waals surface area (Å²) in [6.07, 6.45) is 8.87. The number of hydrogen-bond acceptors (Lipinski definition) is 3. The van der Waals surface area contributed by atoms with Crippen LogP contribution in [0.2, 0.25) is 0 Å². The van der Waals surface area contributed by atoms with E-state index in [0.29, 0.717) is 6.42 Å². The Kier molecular flexibility index (Phi) is 10.2. The van der Waals surface area contributed by atoms with Gasteiger partial charge in [-0.1, -0.05) is 56.6 Å². The van der Waals surface area contributed by atoms with Crippen molar-refractivity contribution in [2.45, 2.75) is 58.3 Å². The molecule has 0 saturated heterocycles. The van der Waals surface area contributed by atoms with Gasteiger partial charge < -0.3 is 4.89 Å². The highest BCUT2D eigenvalue weighted by Crippen LogP contribution is 2.43. The second kappa shape index (κ2) is 10.2. The molecule has 0 fully saturated rings. The molecule has 0 amide bonds. The van der Waals surface area contributed by atoms with Crippen LogP contribution in [-0.4, -0.2) is 11.5 Å². The summed E-state index contributed by atoms with van der Waals surface area (Å²) in [5, 5.41) is 0. The fraction of sp³-hybridized carbons (Fsp3) is 1.00. The molecule has 0 aliphatic carbocycles. The summed E-state index contributed by atoms with van der Waals surface area (Å²) in [5.74, 6) is 0. The predicted molar refractivity (Wildman–Crippen MR) is 60.6 cm³/mol. The number of halogens is 1. The van der Waals surface area contributed by atoms with Crippen molar-refractivity contribution in [3.63, 3.8) is 0 Å². The zero-order valence-corrected chi connectivity index (χ0v) is 10.8. The lowest BCUT2D eigenvalue weighted by Gasteiger charge is -2.05. The van der Waals surface area contributed by atoms with Gasteiger partial charge in [0.15, 0.2) is 0 Å². The molecular formula is C10H22FO4P. The maximum atomic E-state index is 11.4. The van der Waals surface area contributed by atoms with E-state index in [0.717, 1.165) is 12.8 Å². The minimum atomic E-state index is -4.41. The van der Waals surface area contributed by atoms with E-state index in [2.05, 4.69) is 16.2 Å². The average Bonchev–Trinajstić information content (AvgIpc) is 2.27. The highest BCUT2D eigenvalue weighted by Gasteiger charge is 2.20. The van der Waals surface area contributed by atoms with E-state index in [1.165, 1.54) is 32.1 Å². The van der Waals surface area contributed by atoms with Crippen LogP contribution in [0.5, 0.6) is 0 Å². The fourth-order valence-electron chi connectivity index (χ4n) is 1.44. The van der Waals surface area contributed by atoms with Gasteiger partial charge in [0, 0.05) is 0 Å². The van der Waals surface area contributed by atoms with Gasteiger partial charge in [-0.2, -0.15) is 0 Å². The summed E-state index contributed by atoms with van der Waals surface area (Å²) in [7, 11) is -4.41. The summed E-state index contributed by atoms with van der Waals surface area (Å²) < 4.78 is 29.0. The normalized spacial score (nSPS) is 14.9. The molecule has 0 aromatic carbocycles. The summed E-state index contributed by atoms with van der Waals surface area (Å²) >= 11 is 0. The first-order valence-corrected chi connectivity index (χ1v) is 7.39. The molecule has 0 spiro atoms. The van der Waals surface area contributed by atoms with Crippen LogP contribution in [0.25, 0.3) is 0 Å². The van der Waals surface area contributed by atoms with Crippen molar-refractivity contribution in [2.75, 3.05) is 6.61 Å². The molecule has 0 heterocycles. The monoisotopic (exact) mass is 256 g/mol. The lowest BCUT2D eigenvalue weighted by Crippen LogP contribution is -1.93. The Labute approximate surface area is 96.7 Å². The Morgan fingerprint density at radius 3 is 2.06 bits per heavy atom. The number of unbranched alkanes of at least 4 members (excludes halogenated alkanes) is 7. The second-order valence-electron chi connectivity index (χ2n) is 3.85. The smallest absolute Gasteiger partial charge is 0.301 e. The first-order chi connectivity index (χ1) is 7.62. The van der Waals surface area contributed by atoms with Crippen molar-refractivity contribution in [3.05, 3.63) is 0 Å². The molecule has 16 heavy (non-hydrogen) atoms. The molecule has 0 aromatic heterocycles. The summed E-state index contributed by atoms with van der Waals surface area (Å²) in [6.45, 7) is 2.24. The first kappa shape index (κ1) is 16.0. The summed E-state index contributed by atoms with van der Waals surface area (Å²) in [5.41, 5.74) is 0. The third-order valence-electron chi connectivity index (χ3n) is 2.34.